The lowest BCUT2D eigenvalue weighted by molar-refractivity contribution is 0.865. The van der Waals surface area contributed by atoms with Crippen LogP contribution < -0.4 is 4.90 Å². The van der Waals surface area contributed by atoms with Crippen molar-refractivity contribution >= 4 is 17.3 Å². The Balaban J connectivity index is 1.97. The summed E-state index contributed by atoms with van der Waals surface area (Å²) in [5, 5.41) is 0. The maximum atomic E-state index is 2.39. The van der Waals surface area contributed by atoms with Crippen LogP contribution in [0.4, 0.5) is 5.69 Å². The van der Waals surface area contributed by atoms with Crippen LogP contribution in [0.5, 0.6) is 0 Å². The van der Waals surface area contributed by atoms with E-state index >= 15 is 0 Å². The van der Waals surface area contributed by atoms with E-state index < -0.39 is 0 Å². The summed E-state index contributed by atoms with van der Waals surface area (Å²) in [6.45, 7) is 6.42. The van der Waals surface area contributed by atoms with Crippen LogP contribution in [-0.2, 0) is 0 Å². The molecule has 0 amide bonds. The summed E-state index contributed by atoms with van der Waals surface area (Å²) in [6, 6.07) is 29.7. The summed E-state index contributed by atoms with van der Waals surface area (Å²) in [5.41, 5.74) is 6.22. The summed E-state index contributed by atoms with van der Waals surface area (Å²) >= 11 is 0. The first kappa shape index (κ1) is 18.7. The summed E-state index contributed by atoms with van der Waals surface area (Å²) in [4.78, 5) is 2.39. The SMILES string of the molecule is CCN(CC)c1ccccc1/C=C/C=C(c1ccccc1)c1ccccc1. The molecule has 0 aliphatic rings. The van der Waals surface area contributed by atoms with Crippen LogP contribution in [0.15, 0.2) is 97.1 Å². The molecule has 27 heavy (non-hydrogen) atoms. The zero-order valence-corrected chi connectivity index (χ0v) is 16.2. The summed E-state index contributed by atoms with van der Waals surface area (Å²) in [7, 11) is 0. The average Bonchev–Trinajstić information content (AvgIpc) is 2.74. The van der Waals surface area contributed by atoms with Crippen LogP contribution in [0.2, 0.25) is 0 Å². The number of rotatable bonds is 7. The lowest BCUT2D eigenvalue weighted by Crippen LogP contribution is -2.22. The van der Waals surface area contributed by atoms with Crippen LogP contribution in [0.3, 0.4) is 0 Å². The van der Waals surface area contributed by atoms with Crippen LogP contribution in [0.1, 0.15) is 30.5 Å². The molecule has 1 nitrogen and oxygen atoms in total. The molecule has 3 rings (SSSR count). The van der Waals surface area contributed by atoms with Crippen molar-refractivity contribution in [1.29, 1.82) is 0 Å². The molecular weight excluding hydrogens is 326 g/mol. The lowest BCUT2D eigenvalue weighted by atomic mass is 9.97. The van der Waals surface area contributed by atoms with Gasteiger partial charge in [-0.25, -0.2) is 0 Å². The molecule has 0 N–H and O–H groups in total. The van der Waals surface area contributed by atoms with Gasteiger partial charge in [0.1, 0.15) is 0 Å². The first-order valence-corrected chi connectivity index (χ1v) is 9.66. The molecular formula is C26H27N. The largest absolute Gasteiger partial charge is 0.372 e. The molecule has 3 aromatic rings. The second-order valence-corrected chi connectivity index (χ2v) is 6.40. The van der Waals surface area contributed by atoms with Gasteiger partial charge < -0.3 is 4.90 Å². The van der Waals surface area contributed by atoms with E-state index in [1.165, 1.54) is 28.0 Å². The standard InChI is InChI=1S/C26H27N/c1-3-27(4-2)26-21-12-11-18-24(26)19-13-20-25(22-14-7-5-8-15-22)23-16-9-6-10-17-23/h5-21H,3-4H2,1-2H3/b19-13+. The molecule has 0 spiro atoms. The fourth-order valence-electron chi connectivity index (χ4n) is 3.32. The molecule has 0 fully saturated rings. The number of allylic oxidation sites excluding steroid dienone is 2. The molecule has 0 bridgehead atoms. The maximum Gasteiger partial charge on any atom is 0.0439 e. The van der Waals surface area contributed by atoms with Crippen molar-refractivity contribution in [3.05, 3.63) is 114 Å². The Morgan fingerprint density at radius 3 is 1.78 bits per heavy atom. The minimum atomic E-state index is 1.01. The van der Waals surface area contributed by atoms with E-state index in [2.05, 4.69) is 122 Å². The van der Waals surface area contributed by atoms with Crippen molar-refractivity contribution in [2.45, 2.75) is 13.8 Å². The average molecular weight is 354 g/mol. The van der Waals surface area contributed by atoms with E-state index in [9.17, 15) is 0 Å². The minimum Gasteiger partial charge on any atom is -0.372 e. The van der Waals surface area contributed by atoms with Crippen LogP contribution in [0, 0.1) is 0 Å². The number of benzene rings is 3. The fraction of sp³-hybridized carbons (Fsp3) is 0.154. The van der Waals surface area contributed by atoms with E-state index in [-0.39, 0.29) is 0 Å². The van der Waals surface area contributed by atoms with E-state index in [0.29, 0.717) is 0 Å². The molecule has 0 heterocycles. The Bertz CT molecular complexity index is 846. The minimum absolute atomic E-state index is 1.01. The molecule has 3 aromatic carbocycles. The third kappa shape index (κ3) is 4.77. The zero-order chi connectivity index (χ0) is 18.9. The van der Waals surface area contributed by atoms with Crippen molar-refractivity contribution in [2.24, 2.45) is 0 Å². The van der Waals surface area contributed by atoms with Gasteiger partial charge in [0.25, 0.3) is 0 Å². The van der Waals surface area contributed by atoms with Gasteiger partial charge in [-0.3, -0.25) is 0 Å². The first-order chi connectivity index (χ1) is 13.3. The Morgan fingerprint density at radius 1 is 0.704 bits per heavy atom. The molecule has 0 saturated carbocycles. The Morgan fingerprint density at radius 2 is 1.22 bits per heavy atom. The van der Waals surface area contributed by atoms with E-state index in [1.54, 1.807) is 0 Å². The monoisotopic (exact) mass is 353 g/mol. The van der Waals surface area contributed by atoms with Gasteiger partial charge in [-0.1, -0.05) is 97.1 Å². The van der Waals surface area contributed by atoms with E-state index in [0.717, 1.165) is 13.1 Å². The first-order valence-electron chi connectivity index (χ1n) is 9.66. The molecule has 0 unspecified atom stereocenters. The summed E-state index contributed by atoms with van der Waals surface area (Å²) in [5.74, 6) is 0. The Kier molecular flexibility index (Phi) is 6.65. The molecule has 0 atom stereocenters. The van der Waals surface area contributed by atoms with Gasteiger partial charge in [-0.15, -0.1) is 0 Å². The van der Waals surface area contributed by atoms with Gasteiger partial charge in [0.2, 0.25) is 0 Å². The third-order valence-electron chi connectivity index (χ3n) is 4.75. The number of hydrogen-bond donors (Lipinski definition) is 0. The fourth-order valence-corrected chi connectivity index (χ4v) is 3.32. The quantitative estimate of drug-likeness (QED) is 0.428. The van der Waals surface area contributed by atoms with Crippen molar-refractivity contribution in [3.63, 3.8) is 0 Å². The summed E-state index contributed by atoms with van der Waals surface area (Å²) in [6.07, 6.45) is 6.58. The van der Waals surface area contributed by atoms with Crippen molar-refractivity contribution in [3.8, 4) is 0 Å². The Hall–Kier alpha value is -3.06. The van der Waals surface area contributed by atoms with Crippen molar-refractivity contribution in [2.75, 3.05) is 18.0 Å². The lowest BCUT2D eigenvalue weighted by Gasteiger charge is -2.23. The van der Waals surface area contributed by atoms with Crippen LogP contribution in [-0.4, -0.2) is 13.1 Å². The second-order valence-electron chi connectivity index (χ2n) is 6.40. The zero-order valence-electron chi connectivity index (χ0n) is 16.2. The highest BCUT2D eigenvalue weighted by molar-refractivity contribution is 5.82. The van der Waals surface area contributed by atoms with Crippen LogP contribution in [0.25, 0.3) is 11.6 Å². The predicted molar refractivity (Wildman–Crippen MR) is 119 cm³/mol. The molecule has 136 valence electrons. The molecule has 0 saturated heterocycles. The highest BCUT2D eigenvalue weighted by Gasteiger charge is 2.05. The number of nitrogens with zero attached hydrogens (tertiary/aromatic N) is 1. The highest BCUT2D eigenvalue weighted by Crippen LogP contribution is 2.25. The Labute approximate surface area is 163 Å². The number of hydrogen-bond acceptors (Lipinski definition) is 1. The number of anilines is 1. The van der Waals surface area contributed by atoms with Gasteiger partial charge in [-0.05, 0) is 42.2 Å². The molecule has 0 aliphatic heterocycles. The van der Waals surface area contributed by atoms with Crippen molar-refractivity contribution < 1.29 is 0 Å². The van der Waals surface area contributed by atoms with Gasteiger partial charge >= 0.3 is 0 Å². The predicted octanol–water partition coefficient (Wildman–Crippen LogP) is 6.68. The van der Waals surface area contributed by atoms with Gasteiger partial charge in [0.05, 0.1) is 0 Å². The molecule has 1 heteroatoms. The van der Waals surface area contributed by atoms with Crippen LogP contribution >= 0.6 is 0 Å². The summed E-state index contributed by atoms with van der Waals surface area (Å²) < 4.78 is 0. The van der Waals surface area contributed by atoms with Gasteiger partial charge in [0.15, 0.2) is 0 Å². The smallest absolute Gasteiger partial charge is 0.0439 e. The molecule has 0 radical (unpaired) electrons. The second kappa shape index (κ2) is 9.59. The van der Waals surface area contributed by atoms with E-state index in [4.69, 9.17) is 0 Å². The van der Waals surface area contributed by atoms with Crippen molar-refractivity contribution in [1.82, 2.24) is 0 Å². The normalized spacial score (nSPS) is 10.7. The highest BCUT2D eigenvalue weighted by atomic mass is 15.1. The van der Waals surface area contributed by atoms with Gasteiger partial charge in [-0.2, -0.15) is 0 Å². The molecule has 0 aromatic heterocycles. The maximum absolute atomic E-state index is 2.39. The van der Waals surface area contributed by atoms with Gasteiger partial charge in [0, 0.05) is 18.8 Å². The number of para-hydroxylation sites is 1. The van der Waals surface area contributed by atoms with E-state index in [1.807, 2.05) is 0 Å². The molecule has 0 aliphatic carbocycles. The third-order valence-corrected chi connectivity index (χ3v) is 4.75. The topological polar surface area (TPSA) is 3.24 Å².